The zero-order valence-electron chi connectivity index (χ0n) is 11.0. The van der Waals surface area contributed by atoms with E-state index in [2.05, 4.69) is 10.3 Å². The Hall–Kier alpha value is -2.96. The number of nitrogens with one attached hydrogen (secondary N) is 1. The highest BCUT2D eigenvalue weighted by Crippen LogP contribution is 1.98. The molecule has 3 N–H and O–H groups in total. The molecule has 0 fully saturated rings. The SMILES string of the molecule is O=C(O)CCC=CC=C(NC(=O)c1ccccn1)C(=O)O. The van der Waals surface area contributed by atoms with Crippen LogP contribution in [-0.4, -0.2) is 33.0 Å². The summed E-state index contributed by atoms with van der Waals surface area (Å²) in [7, 11) is 0. The van der Waals surface area contributed by atoms with E-state index in [-0.39, 0.29) is 24.2 Å². The molecular formula is C14H14N2O5. The molecule has 7 heteroatoms. The van der Waals surface area contributed by atoms with Gasteiger partial charge in [0.2, 0.25) is 0 Å². The molecule has 1 rings (SSSR count). The molecule has 1 heterocycles. The van der Waals surface area contributed by atoms with Crippen LogP contribution in [0.4, 0.5) is 0 Å². The summed E-state index contributed by atoms with van der Waals surface area (Å²) < 4.78 is 0. The van der Waals surface area contributed by atoms with E-state index in [0.717, 1.165) is 0 Å². The van der Waals surface area contributed by atoms with Gasteiger partial charge < -0.3 is 15.5 Å². The molecule has 0 atom stereocenters. The summed E-state index contributed by atoms with van der Waals surface area (Å²) in [6, 6.07) is 4.70. The molecule has 21 heavy (non-hydrogen) atoms. The highest BCUT2D eigenvalue weighted by Gasteiger charge is 2.12. The number of allylic oxidation sites excluding steroid dienone is 3. The second kappa shape index (κ2) is 8.26. The minimum absolute atomic E-state index is 0.0486. The van der Waals surface area contributed by atoms with Gasteiger partial charge in [0.05, 0.1) is 0 Å². The van der Waals surface area contributed by atoms with Gasteiger partial charge in [0.25, 0.3) is 5.91 Å². The molecule has 1 aromatic heterocycles. The first-order valence-corrected chi connectivity index (χ1v) is 6.05. The molecule has 0 aliphatic rings. The smallest absolute Gasteiger partial charge is 0.352 e. The van der Waals surface area contributed by atoms with Crippen molar-refractivity contribution in [2.45, 2.75) is 12.8 Å². The van der Waals surface area contributed by atoms with Crippen LogP contribution in [0, 0.1) is 0 Å². The molecule has 0 aliphatic heterocycles. The lowest BCUT2D eigenvalue weighted by Gasteiger charge is -2.04. The Kier molecular flexibility index (Phi) is 6.33. The van der Waals surface area contributed by atoms with E-state index in [4.69, 9.17) is 10.2 Å². The molecule has 0 bridgehead atoms. The lowest BCUT2D eigenvalue weighted by molar-refractivity contribution is -0.137. The van der Waals surface area contributed by atoms with Crippen LogP contribution in [0.25, 0.3) is 0 Å². The third kappa shape index (κ3) is 6.15. The molecule has 0 saturated heterocycles. The van der Waals surface area contributed by atoms with E-state index < -0.39 is 17.8 Å². The maximum absolute atomic E-state index is 11.8. The van der Waals surface area contributed by atoms with Crippen LogP contribution in [0.1, 0.15) is 23.3 Å². The van der Waals surface area contributed by atoms with Gasteiger partial charge in [0.15, 0.2) is 0 Å². The standard InChI is InChI=1S/C14H14N2O5/c17-12(18)8-3-1-2-7-11(14(20)21)16-13(19)10-6-4-5-9-15-10/h1-2,4-7,9H,3,8H2,(H,16,19)(H,17,18)(H,20,21). The van der Waals surface area contributed by atoms with Gasteiger partial charge in [-0.25, -0.2) is 4.79 Å². The van der Waals surface area contributed by atoms with Crippen LogP contribution in [0.15, 0.2) is 48.3 Å². The lowest BCUT2D eigenvalue weighted by atomic mass is 10.2. The van der Waals surface area contributed by atoms with Crippen molar-refractivity contribution in [1.82, 2.24) is 10.3 Å². The van der Waals surface area contributed by atoms with Crippen LogP contribution in [0.3, 0.4) is 0 Å². The van der Waals surface area contributed by atoms with Gasteiger partial charge in [-0.3, -0.25) is 14.6 Å². The first-order valence-electron chi connectivity index (χ1n) is 6.05. The third-order valence-corrected chi connectivity index (χ3v) is 2.30. The Bertz CT molecular complexity index is 578. The first-order chi connectivity index (χ1) is 10.0. The number of pyridine rings is 1. The minimum atomic E-state index is -1.30. The predicted molar refractivity (Wildman–Crippen MR) is 73.4 cm³/mol. The van der Waals surface area contributed by atoms with Crippen molar-refractivity contribution in [3.63, 3.8) is 0 Å². The Morgan fingerprint density at radius 3 is 2.57 bits per heavy atom. The number of nitrogens with zero attached hydrogens (tertiary/aromatic N) is 1. The van der Waals surface area contributed by atoms with Crippen LogP contribution in [0.2, 0.25) is 0 Å². The number of carbonyl (C=O) groups excluding carboxylic acids is 1. The fraction of sp³-hybridized carbons (Fsp3) is 0.143. The second-order valence-electron chi connectivity index (χ2n) is 3.92. The second-order valence-corrected chi connectivity index (χ2v) is 3.92. The van der Waals surface area contributed by atoms with E-state index in [9.17, 15) is 14.4 Å². The quantitative estimate of drug-likeness (QED) is 0.513. The van der Waals surface area contributed by atoms with Crippen LogP contribution in [0.5, 0.6) is 0 Å². The van der Waals surface area contributed by atoms with Gasteiger partial charge in [-0.15, -0.1) is 0 Å². The van der Waals surface area contributed by atoms with Crippen molar-refractivity contribution < 1.29 is 24.6 Å². The third-order valence-electron chi connectivity index (χ3n) is 2.30. The maximum Gasteiger partial charge on any atom is 0.352 e. The Morgan fingerprint density at radius 1 is 1.24 bits per heavy atom. The van der Waals surface area contributed by atoms with Crippen molar-refractivity contribution in [1.29, 1.82) is 0 Å². The fourth-order valence-corrected chi connectivity index (χ4v) is 1.32. The molecule has 0 radical (unpaired) electrons. The van der Waals surface area contributed by atoms with Gasteiger partial charge in [-0.2, -0.15) is 0 Å². The van der Waals surface area contributed by atoms with Gasteiger partial charge in [0, 0.05) is 12.6 Å². The van der Waals surface area contributed by atoms with Crippen molar-refractivity contribution in [2.24, 2.45) is 0 Å². The number of hydrogen-bond donors (Lipinski definition) is 3. The van der Waals surface area contributed by atoms with E-state index in [0.29, 0.717) is 0 Å². The zero-order valence-corrected chi connectivity index (χ0v) is 11.0. The summed E-state index contributed by atoms with van der Waals surface area (Å²) >= 11 is 0. The molecule has 0 aromatic carbocycles. The van der Waals surface area contributed by atoms with Crippen LogP contribution >= 0.6 is 0 Å². The number of rotatable bonds is 7. The number of carboxylic acid groups (broad SMARTS) is 2. The lowest BCUT2D eigenvalue weighted by Crippen LogP contribution is -2.27. The molecule has 1 aromatic rings. The number of carboxylic acids is 2. The molecule has 7 nitrogen and oxygen atoms in total. The fourth-order valence-electron chi connectivity index (χ4n) is 1.32. The number of carbonyl (C=O) groups is 3. The molecule has 0 spiro atoms. The van der Waals surface area contributed by atoms with E-state index in [1.165, 1.54) is 30.5 Å². The van der Waals surface area contributed by atoms with Gasteiger partial charge in [0.1, 0.15) is 11.4 Å². The average Bonchev–Trinajstić information content (AvgIpc) is 2.45. The van der Waals surface area contributed by atoms with Gasteiger partial charge >= 0.3 is 11.9 Å². The first kappa shape index (κ1) is 16.1. The summed E-state index contributed by atoms with van der Waals surface area (Å²) in [4.78, 5) is 36.9. The number of aliphatic carboxylic acids is 2. The Labute approximate surface area is 120 Å². The molecule has 0 aliphatic carbocycles. The normalized spacial score (nSPS) is 11.3. The zero-order chi connectivity index (χ0) is 15.7. The number of amides is 1. The van der Waals surface area contributed by atoms with Crippen molar-refractivity contribution in [2.75, 3.05) is 0 Å². The summed E-state index contributed by atoms with van der Waals surface area (Å²) in [5, 5.41) is 19.7. The summed E-state index contributed by atoms with van der Waals surface area (Å²) in [6.07, 6.45) is 5.71. The van der Waals surface area contributed by atoms with Crippen molar-refractivity contribution in [3.8, 4) is 0 Å². The topological polar surface area (TPSA) is 117 Å². The highest BCUT2D eigenvalue weighted by molar-refractivity contribution is 5.99. The van der Waals surface area contributed by atoms with Gasteiger partial charge in [-0.1, -0.05) is 18.2 Å². The maximum atomic E-state index is 11.8. The summed E-state index contributed by atoms with van der Waals surface area (Å²) in [5.41, 5.74) is -0.225. The van der Waals surface area contributed by atoms with Crippen molar-refractivity contribution in [3.05, 3.63) is 54.0 Å². The van der Waals surface area contributed by atoms with E-state index in [1.807, 2.05) is 0 Å². The molecule has 0 saturated carbocycles. The monoisotopic (exact) mass is 290 g/mol. The largest absolute Gasteiger partial charge is 0.481 e. The minimum Gasteiger partial charge on any atom is -0.481 e. The molecule has 0 unspecified atom stereocenters. The Balaban J connectivity index is 2.67. The summed E-state index contributed by atoms with van der Waals surface area (Å²) in [5.74, 6) is -2.88. The average molecular weight is 290 g/mol. The molecule has 1 amide bonds. The van der Waals surface area contributed by atoms with Gasteiger partial charge in [-0.05, 0) is 24.6 Å². The predicted octanol–water partition coefficient (Wildman–Crippen LogP) is 1.20. The van der Waals surface area contributed by atoms with Crippen LogP contribution < -0.4 is 5.32 Å². The van der Waals surface area contributed by atoms with E-state index in [1.54, 1.807) is 12.1 Å². The molecule has 110 valence electrons. The molecular weight excluding hydrogens is 276 g/mol. The summed E-state index contributed by atoms with van der Waals surface area (Å²) in [6.45, 7) is 0. The Morgan fingerprint density at radius 2 is 2.00 bits per heavy atom. The highest BCUT2D eigenvalue weighted by atomic mass is 16.4. The van der Waals surface area contributed by atoms with E-state index >= 15 is 0 Å². The number of aromatic nitrogens is 1. The van der Waals surface area contributed by atoms with Crippen molar-refractivity contribution >= 4 is 17.8 Å². The number of hydrogen-bond acceptors (Lipinski definition) is 4. The van der Waals surface area contributed by atoms with Crippen LogP contribution in [-0.2, 0) is 9.59 Å².